The highest BCUT2D eigenvalue weighted by Crippen LogP contribution is 2.36. The molecule has 2 aromatic rings. The molecule has 0 saturated carbocycles. The molecule has 0 aliphatic carbocycles. The molecule has 0 bridgehead atoms. The summed E-state index contributed by atoms with van der Waals surface area (Å²) in [6.45, 7) is 0.396. The molecule has 5 nitrogen and oxygen atoms in total. The second kappa shape index (κ2) is 5.94. The van der Waals surface area contributed by atoms with E-state index in [4.69, 9.17) is 4.74 Å². The second-order valence-electron chi connectivity index (χ2n) is 5.78. The Kier molecular flexibility index (Phi) is 3.63. The van der Waals surface area contributed by atoms with Crippen molar-refractivity contribution in [2.45, 2.75) is 12.3 Å². The number of hydrogen-bond acceptors (Lipinski definition) is 3. The third-order valence-corrected chi connectivity index (χ3v) is 4.22. The normalized spacial score (nSPS) is 22.2. The minimum atomic E-state index is -0.443. The SMILES string of the molecule is O=C(Nc1ccccc1)C1=C[C@H]2CO[C@H](c3ccccc3)N2C1=O. The predicted molar refractivity (Wildman–Crippen MR) is 88.9 cm³/mol. The van der Waals surface area contributed by atoms with Crippen LogP contribution in [0.15, 0.2) is 72.3 Å². The summed E-state index contributed by atoms with van der Waals surface area (Å²) >= 11 is 0. The van der Waals surface area contributed by atoms with E-state index in [0.717, 1.165) is 5.56 Å². The van der Waals surface area contributed by atoms with E-state index in [2.05, 4.69) is 5.32 Å². The molecule has 120 valence electrons. The molecule has 5 heteroatoms. The van der Waals surface area contributed by atoms with E-state index in [1.165, 1.54) is 0 Å². The second-order valence-corrected chi connectivity index (χ2v) is 5.78. The molecule has 4 rings (SSSR count). The highest BCUT2D eigenvalue weighted by atomic mass is 16.5. The average Bonchev–Trinajstić information content (AvgIpc) is 3.17. The third-order valence-electron chi connectivity index (χ3n) is 4.22. The number of rotatable bonds is 3. The van der Waals surface area contributed by atoms with Crippen molar-refractivity contribution in [3.63, 3.8) is 0 Å². The maximum absolute atomic E-state index is 12.7. The standard InChI is InChI=1S/C19H16N2O3/c22-17(20-14-9-5-2-6-10-14)16-11-15-12-24-19(21(15)18(16)23)13-7-3-1-4-8-13/h1-11,15,19H,12H2,(H,20,22)/t15-,19+/m0/s1. The zero-order valence-electron chi connectivity index (χ0n) is 12.9. The van der Waals surface area contributed by atoms with E-state index in [9.17, 15) is 9.59 Å². The Hall–Kier alpha value is -2.92. The van der Waals surface area contributed by atoms with Crippen molar-refractivity contribution in [1.82, 2.24) is 4.90 Å². The van der Waals surface area contributed by atoms with Gasteiger partial charge in [-0.05, 0) is 18.2 Å². The highest BCUT2D eigenvalue weighted by molar-refractivity contribution is 6.24. The van der Waals surface area contributed by atoms with Gasteiger partial charge in [0, 0.05) is 11.3 Å². The van der Waals surface area contributed by atoms with Crippen LogP contribution >= 0.6 is 0 Å². The number of nitrogens with zero attached hydrogens (tertiary/aromatic N) is 1. The third kappa shape index (κ3) is 2.49. The highest BCUT2D eigenvalue weighted by Gasteiger charge is 2.45. The predicted octanol–water partition coefficient (Wildman–Crippen LogP) is 2.49. The van der Waals surface area contributed by atoms with Crippen LogP contribution in [0.4, 0.5) is 5.69 Å². The summed E-state index contributed by atoms with van der Waals surface area (Å²) < 4.78 is 5.75. The first kappa shape index (κ1) is 14.7. The topological polar surface area (TPSA) is 58.6 Å². The summed E-state index contributed by atoms with van der Waals surface area (Å²) in [5.41, 5.74) is 1.75. The number of fused-ring (bicyclic) bond motifs is 1. The van der Waals surface area contributed by atoms with Gasteiger partial charge in [0.15, 0.2) is 6.23 Å². The number of nitrogens with one attached hydrogen (secondary N) is 1. The van der Waals surface area contributed by atoms with Gasteiger partial charge in [-0.1, -0.05) is 48.5 Å². The Morgan fingerprint density at radius 2 is 1.71 bits per heavy atom. The first-order valence-electron chi connectivity index (χ1n) is 7.81. The molecule has 0 radical (unpaired) electrons. The van der Waals surface area contributed by atoms with Crippen molar-refractivity contribution < 1.29 is 14.3 Å². The van der Waals surface area contributed by atoms with E-state index in [1.807, 2.05) is 48.5 Å². The Bertz CT molecular complexity index is 802. The first-order valence-corrected chi connectivity index (χ1v) is 7.81. The van der Waals surface area contributed by atoms with Crippen molar-refractivity contribution in [3.05, 3.63) is 77.9 Å². The van der Waals surface area contributed by atoms with E-state index < -0.39 is 6.23 Å². The fourth-order valence-corrected chi connectivity index (χ4v) is 3.08. The Morgan fingerprint density at radius 3 is 2.42 bits per heavy atom. The van der Waals surface area contributed by atoms with Gasteiger partial charge in [0.25, 0.3) is 11.8 Å². The quantitative estimate of drug-likeness (QED) is 0.884. The molecule has 2 atom stereocenters. The van der Waals surface area contributed by atoms with Crippen molar-refractivity contribution in [2.75, 3.05) is 11.9 Å². The van der Waals surface area contributed by atoms with E-state index in [1.54, 1.807) is 23.1 Å². The number of benzene rings is 2. The lowest BCUT2D eigenvalue weighted by atomic mass is 10.2. The van der Waals surface area contributed by atoms with Crippen LogP contribution in [0.5, 0.6) is 0 Å². The fraction of sp³-hybridized carbons (Fsp3) is 0.158. The molecule has 1 N–H and O–H groups in total. The smallest absolute Gasteiger partial charge is 0.262 e. The van der Waals surface area contributed by atoms with E-state index in [-0.39, 0.29) is 23.4 Å². The summed E-state index contributed by atoms with van der Waals surface area (Å²) in [7, 11) is 0. The molecule has 2 aliphatic rings. The lowest BCUT2D eigenvalue weighted by Crippen LogP contribution is -2.34. The monoisotopic (exact) mass is 320 g/mol. The molecule has 1 fully saturated rings. The number of carbonyl (C=O) groups is 2. The Morgan fingerprint density at radius 1 is 1.04 bits per heavy atom. The number of anilines is 1. The number of para-hydroxylation sites is 1. The van der Waals surface area contributed by atoms with Crippen LogP contribution in [0.3, 0.4) is 0 Å². The van der Waals surface area contributed by atoms with Crippen LogP contribution in [0.2, 0.25) is 0 Å². The van der Waals surface area contributed by atoms with E-state index in [0.29, 0.717) is 12.3 Å². The molecule has 2 aliphatic heterocycles. The number of ether oxygens (including phenoxy) is 1. The number of carbonyl (C=O) groups excluding carboxylic acids is 2. The molecule has 0 spiro atoms. The summed E-state index contributed by atoms with van der Waals surface area (Å²) in [5, 5.41) is 2.76. The van der Waals surface area contributed by atoms with Gasteiger partial charge in [0.05, 0.1) is 12.6 Å². The molecule has 2 amide bonds. The van der Waals surface area contributed by atoms with Gasteiger partial charge in [-0.3, -0.25) is 14.5 Å². The van der Waals surface area contributed by atoms with Crippen molar-refractivity contribution >= 4 is 17.5 Å². The van der Waals surface area contributed by atoms with Gasteiger partial charge < -0.3 is 10.1 Å². The van der Waals surface area contributed by atoms with Crippen molar-refractivity contribution in [1.29, 1.82) is 0 Å². The lowest BCUT2D eigenvalue weighted by molar-refractivity contribution is -0.133. The van der Waals surface area contributed by atoms with Crippen LogP contribution in [0, 0.1) is 0 Å². The zero-order chi connectivity index (χ0) is 16.5. The number of amides is 2. The van der Waals surface area contributed by atoms with Crippen molar-refractivity contribution in [3.8, 4) is 0 Å². The first-order chi connectivity index (χ1) is 11.7. The minimum Gasteiger partial charge on any atom is -0.351 e. The Labute approximate surface area is 139 Å². The van der Waals surface area contributed by atoms with Gasteiger partial charge in [0.1, 0.15) is 5.57 Å². The summed E-state index contributed by atoms with van der Waals surface area (Å²) in [6.07, 6.45) is 1.26. The molecular formula is C19H16N2O3. The van der Waals surface area contributed by atoms with Gasteiger partial charge in [-0.15, -0.1) is 0 Å². The fourth-order valence-electron chi connectivity index (χ4n) is 3.08. The largest absolute Gasteiger partial charge is 0.351 e. The molecule has 0 unspecified atom stereocenters. The van der Waals surface area contributed by atoms with E-state index >= 15 is 0 Å². The van der Waals surface area contributed by atoms with Crippen molar-refractivity contribution in [2.24, 2.45) is 0 Å². The van der Waals surface area contributed by atoms with Crippen LogP contribution < -0.4 is 5.32 Å². The van der Waals surface area contributed by atoms with Crippen LogP contribution in [-0.2, 0) is 14.3 Å². The molecule has 2 heterocycles. The van der Waals surface area contributed by atoms with Crippen LogP contribution in [-0.4, -0.2) is 29.4 Å². The molecule has 2 aromatic carbocycles. The maximum Gasteiger partial charge on any atom is 0.262 e. The van der Waals surface area contributed by atoms with Gasteiger partial charge >= 0.3 is 0 Å². The molecule has 0 aromatic heterocycles. The van der Waals surface area contributed by atoms with Gasteiger partial charge in [0.2, 0.25) is 0 Å². The lowest BCUT2D eigenvalue weighted by Gasteiger charge is -2.23. The summed E-state index contributed by atoms with van der Waals surface area (Å²) in [4.78, 5) is 26.8. The van der Waals surface area contributed by atoms with Crippen LogP contribution in [0.25, 0.3) is 0 Å². The summed E-state index contributed by atoms with van der Waals surface area (Å²) in [5.74, 6) is -0.674. The van der Waals surface area contributed by atoms with Crippen LogP contribution in [0.1, 0.15) is 11.8 Å². The number of hydrogen-bond donors (Lipinski definition) is 1. The zero-order valence-corrected chi connectivity index (χ0v) is 12.9. The summed E-state index contributed by atoms with van der Waals surface area (Å²) in [6, 6.07) is 18.5. The molecule has 24 heavy (non-hydrogen) atoms. The molecular weight excluding hydrogens is 304 g/mol. The minimum absolute atomic E-state index is 0.174. The van der Waals surface area contributed by atoms with Gasteiger partial charge in [-0.25, -0.2) is 0 Å². The van der Waals surface area contributed by atoms with Gasteiger partial charge in [-0.2, -0.15) is 0 Å². The maximum atomic E-state index is 12.7. The molecule has 1 saturated heterocycles. The average molecular weight is 320 g/mol. The Balaban J connectivity index is 1.54.